The van der Waals surface area contributed by atoms with Crippen molar-refractivity contribution in [1.82, 2.24) is 4.31 Å². The van der Waals surface area contributed by atoms with Gasteiger partial charge in [-0.05, 0) is 13.8 Å². The summed E-state index contributed by atoms with van der Waals surface area (Å²) >= 11 is 0. The number of nitrogens with zero attached hydrogens (tertiary/aromatic N) is 2. The predicted octanol–water partition coefficient (Wildman–Crippen LogP) is 0.359. The van der Waals surface area contributed by atoms with Crippen molar-refractivity contribution in [3.05, 3.63) is 0 Å². The molecule has 0 N–H and O–H groups in total. The van der Waals surface area contributed by atoms with E-state index >= 15 is 0 Å². The summed E-state index contributed by atoms with van der Waals surface area (Å²) in [6, 6.07) is 1.96. The molecule has 0 bridgehead atoms. The molecule has 17 heavy (non-hydrogen) atoms. The third kappa shape index (κ3) is 3.98. The number of ether oxygens (including phenoxy) is 1. The molecule has 0 heterocycles. The number of rotatable bonds is 6. The van der Waals surface area contributed by atoms with E-state index in [1.54, 1.807) is 13.8 Å². The first kappa shape index (κ1) is 15.9. The van der Waals surface area contributed by atoms with Gasteiger partial charge < -0.3 is 4.74 Å². The molecule has 0 aliphatic heterocycles. The number of carbonyl (C=O) groups excluding carboxylic acids is 1. The van der Waals surface area contributed by atoms with Crippen LogP contribution >= 0.6 is 0 Å². The maximum Gasteiger partial charge on any atom is 0.325 e. The van der Waals surface area contributed by atoms with Crippen LogP contribution in [0.2, 0.25) is 0 Å². The van der Waals surface area contributed by atoms with Gasteiger partial charge in [0.25, 0.3) is 0 Å². The highest BCUT2D eigenvalue weighted by atomic mass is 32.2. The summed E-state index contributed by atoms with van der Waals surface area (Å²) < 4.78 is 29.6. The van der Waals surface area contributed by atoms with Crippen LogP contribution in [0, 0.1) is 17.2 Å². The van der Waals surface area contributed by atoms with Gasteiger partial charge in [0.05, 0.1) is 19.1 Å². The smallest absolute Gasteiger partial charge is 0.325 e. The number of hydrogen-bond donors (Lipinski definition) is 0. The van der Waals surface area contributed by atoms with Crippen molar-refractivity contribution in [3.63, 3.8) is 0 Å². The van der Waals surface area contributed by atoms with Crippen LogP contribution in [0.3, 0.4) is 0 Å². The number of sulfonamides is 1. The van der Waals surface area contributed by atoms with Crippen LogP contribution in [-0.4, -0.2) is 44.1 Å². The normalized spacial score (nSPS) is 15.1. The third-order valence-electron chi connectivity index (χ3n) is 2.39. The highest BCUT2D eigenvalue weighted by Crippen LogP contribution is 2.12. The van der Waals surface area contributed by atoms with Gasteiger partial charge in [-0.3, -0.25) is 4.79 Å². The van der Waals surface area contributed by atoms with Crippen molar-refractivity contribution in [1.29, 1.82) is 5.26 Å². The fourth-order valence-corrected chi connectivity index (χ4v) is 2.85. The lowest BCUT2D eigenvalue weighted by Crippen LogP contribution is -2.43. The Balaban J connectivity index is 5.01. The average Bonchev–Trinajstić information content (AvgIpc) is 2.32. The van der Waals surface area contributed by atoms with Crippen molar-refractivity contribution in [2.24, 2.45) is 5.92 Å². The molecule has 6 nitrogen and oxygen atoms in total. The second-order valence-electron chi connectivity index (χ2n) is 3.69. The zero-order valence-corrected chi connectivity index (χ0v) is 11.3. The summed E-state index contributed by atoms with van der Waals surface area (Å²) in [5, 5.41) is 7.42. The van der Waals surface area contributed by atoms with Gasteiger partial charge in [0.15, 0.2) is 5.25 Å². The summed E-state index contributed by atoms with van der Waals surface area (Å²) in [6.07, 6.45) is 0. The molecule has 0 saturated heterocycles. The van der Waals surface area contributed by atoms with E-state index in [1.807, 2.05) is 6.07 Å². The van der Waals surface area contributed by atoms with Gasteiger partial charge in [-0.15, -0.1) is 0 Å². The Morgan fingerprint density at radius 1 is 1.47 bits per heavy atom. The minimum Gasteiger partial charge on any atom is -0.468 e. The molecule has 0 aromatic heterocycles. The molecule has 0 amide bonds. The van der Waals surface area contributed by atoms with Gasteiger partial charge in [-0.1, -0.05) is 6.92 Å². The molecule has 2 unspecified atom stereocenters. The van der Waals surface area contributed by atoms with Gasteiger partial charge in [0.1, 0.15) is 0 Å². The number of hydrogen-bond acceptors (Lipinski definition) is 5. The minimum atomic E-state index is -3.76. The van der Waals surface area contributed by atoms with Crippen LogP contribution < -0.4 is 0 Å². The molecule has 98 valence electrons. The molecular formula is C10H18N2O4S. The fraction of sp³-hybridized carbons (Fsp3) is 0.800. The maximum absolute atomic E-state index is 12.0. The van der Waals surface area contributed by atoms with Crippen molar-refractivity contribution in [2.45, 2.75) is 26.0 Å². The van der Waals surface area contributed by atoms with E-state index in [-0.39, 0.29) is 13.1 Å². The molecule has 0 aliphatic rings. The molecule has 0 rings (SSSR count). The van der Waals surface area contributed by atoms with E-state index in [4.69, 9.17) is 5.26 Å². The topological polar surface area (TPSA) is 87.5 Å². The van der Waals surface area contributed by atoms with Crippen molar-refractivity contribution < 1.29 is 17.9 Å². The van der Waals surface area contributed by atoms with Crippen LogP contribution in [0.25, 0.3) is 0 Å². The molecule has 0 fully saturated rings. The number of esters is 1. The molecule has 7 heteroatoms. The van der Waals surface area contributed by atoms with Crippen molar-refractivity contribution in [2.75, 3.05) is 20.2 Å². The zero-order valence-electron chi connectivity index (χ0n) is 10.5. The second-order valence-corrected chi connectivity index (χ2v) is 5.94. The van der Waals surface area contributed by atoms with Crippen LogP contribution in [0.4, 0.5) is 0 Å². The van der Waals surface area contributed by atoms with E-state index < -0.39 is 27.2 Å². The fourth-order valence-electron chi connectivity index (χ4n) is 1.27. The summed E-state index contributed by atoms with van der Waals surface area (Å²) in [5.41, 5.74) is 0. The van der Waals surface area contributed by atoms with Gasteiger partial charge in [0, 0.05) is 13.1 Å². The quantitative estimate of drug-likeness (QED) is 0.645. The summed E-state index contributed by atoms with van der Waals surface area (Å²) in [5.74, 6) is -1.22. The Labute approximate surface area is 102 Å². The van der Waals surface area contributed by atoms with Crippen molar-refractivity contribution >= 4 is 16.0 Å². The van der Waals surface area contributed by atoms with E-state index in [0.717, 1.165) is 11.4 Å². The van der Waals surface area contributed by atoms with Crippen LogP contribution in [0.1, 0.15) is 20.8 Å². The first-order valence-electron chi connectivity index (χ1n) is 5.27. The molecular weight excluding hydrogens is 244 g/mol. The van der Waals surface area contributed by atoms with Gasteiger partial charge in [-0.25, -0.2) is 12.7 Å². The van der Waals surface area contributed by atoms with E-state index in [2.05, 4.69) is 4.74 Å². The molecule has 2 atom stereocenters. The molecule has 0 spiro atoms. The zero-order chi connectivity index (χ0) is 13.6. The first-order valence-corrected chi connectivity index (χ1v) is 6.77. The van der Waals surface area contributed by atoms with E-state index in [1.165, 1.54) is 6.92 Å². The maximum atomic E-state index is 12.0. The Morgan fingerprint density at radius 3 is 2.35 bits per heavy atom. The molecule has 0 aromatic carbocycles. The van der Waals surface area contributed by atoms with Crippen LogP contribution in [0.15, 0.2) is 0 Å². The minimum absolute atomic E-state index is 0.0800. The lowest BCUT2D eigenvalue weighted by molar-refractivity contribution is -0.139. The standard InChI is InChI=1S/C10H18N2O4S/c1-5-12(7-8(2)6-11)17(14,15)9(3)10(13)16-4/h8-9H,5,7H2,1-4H3. The number of carbonyl (C=O) groups is 1. The van der Waals surface area contributed by atoms with Gasteiger partial charge >= 0.3 is 5.97 Å². The summed E-state index contributed by atoms with van der Waals surface area (Å²) in [4.78, 5) is 11.2. The Morgan fingerprint density at radius 2 is 2.00 bits per heavy atom. The summed E-state index contributed by atoms with van der Waals surface area (Å²) in [7, 11) is -2.62. The van der Waals surface area contributed by atoms with Crippen molar-refractivity contribution in [3.8, 4) is 6.07 Å². The molecule has 0 aliphatic carbocycles. The monoisotopic (exact) mass is 262 g/mol. The largest absolute Gasteiger partial charge is 0.468 e. The van der Waals surface area contributed by atoms with E-state index in [0.29, 0.717) is 0 Å². The lowest BCUT2D eigenvalue weighted by Gasteiger charge is -2.24. The highest BCUT2D eigenvalue weighted by Gasteiger charge is 2.34. The van der Waals surface area contributed by atoms with E-state index in [9.17, 15) is 13.2 Å². The predicted molar refractivity (Wildman–Crippen MR) is 62.4 cm³/mol. The lowest BCUT2D eigenvalue weighted by atomic mass is 10.2. The Bertz CT molecular complexity index is 399. The number of nitriles is 1. The second kappa shape index (κ2) is 6.57. The molecule has 0 aromatic rings. The van der Waals surface area contributed by atoms with Crippen LogP contribution in [0.5, 0.6) is 0 Å². The van der Waals surface area contributed by atoms with Gasteiger partial charge in [0.2, 0.25) is 10.0 Å². The Kier molecular flexibility index (Phi) is 6.13. The summed E-state index contributed by atoms with van der Waals surface area (Å²) in [6.45, 7) is 4.86. The SMILES string of the molecule is CCN(CC(C)C#N)S(=O)(=O)C(C)C(=O)OC. The first-order chi connectivity index (χ1) is 7.81. The molecule has 0 saturated carbocycles. The number of methoxy groups -OCH3 is 1. The highest BCUT2D eigenvalue weighted by molar-refractivity contribution is 7.90. The van der Waals surface area contributed by atoms with Gasteiger partial charge in [-0.2, -0.15) is 5.26 Å². The average molecular weight is 262 g/mol. The molecule has 0 radical (unpaired) electrons. The third-order valence-corrected chi connectivity index (χ3v) is 4.60. The van der Waals surface area contributed by atoms with Crippen LogP contribution in [-0.2, 0) is 19.6 Å². The Hall–Kier alpha value is -1.13.